The van der Waals surface area contributed by atoms with Crippen LogP contribution in [0, 0.1) is 24.7 Å². The zero-order valence-corrected chi connectivity index (χ0v) is 22.0. The highest BCUT2D eigenvalue weighted by molar-refractivity contribution is 7.51. The van der Waals surface area contributed by atoms with Crippen LogP contribution in [0.15, 0.2) is 42.6 Å². The van der Waals surface area contributed by atoms with Gasteiger partial charge in [-0.1, -0.05) is 6.07 Å². The van der Waals surface area contributed by atoms with Crippen LogP contribution in [0.3, 0.4) is 0 Å². The molecule has 3 heterocycles. The van der Waals surface area contributed by atoms with E-state index in [0.717, 1.165) is 18.5 Å². The van der Waals surface area contributed by atoms with Crippen LogP contribution in [-0.4, -0.2) is 60.4 Å². The van der Waals surface area contributed by atoms with Crippen LogP contribution < -0.4 is 15.8 Å². The van der Waals surface area contributed by atoms with E-state index in [0.29, 0.717) is 28.6 Å². The molecule has 3 amide bonds. The fourth-order valence-corrected chi connectivity index (χ4v) is 6.92. The number of piperidine rings is 1. The quantitative estimate of drug-likeness (QED) is 0.305. The summed E-state index contributed by atoms with van der Waals surface area (Å²) in [5.41, 5.74) is 7.03. The Kier molecular flexibility index (Phi) is 6.01. The lowest BCUT2D eigenvalue weighted by Gasteiger charge is -2.31. The molecule has 1 aromatic carbocycles. The van der Waals surface area contributed by atoms with E-state index in [9.17, 15) is 18.9 Å². The number of benzene rings is 1. The van der Waals surface area contributed by atoms with E-state index in [1.807, 2.05) is 19.1 Å². The van der Waals surface area contributed by atoms with Crippen LogP contribution in [-0.2, 0) is 20.7 Å². The van der Waals surface area contributed by atoms with E-state index in [4.69, 9.17) is 20.3 Å². The maximum absolute atomic E-state index is 13.8. The molecule has 2 aromatic heterocycles. The topological polar surface area (TPSA) is 177 Å². The molecule has 1 aliphatic heterocycles. The standard InChI is InChI=1S/C26H28N5O7P/c1-13-3-2-4-20(28-13)29-26(34)24-23-15-6-8-19(22(15)23)31(24)21(32)11-30-10-17(25(27)33)16-9-14(5-7-18(16)30)38-12-39(35,36)37/h2-5,7,9-10,15,19,22-24H,6,8,11-12H2,1H3,(H2,27,33)(H,28,29,34)(H2,35,36,37)/t15?,19?,22?,23?,24-/m0/s1. The van der Waals surface area contributed by atoms with Gasteiger partial charge < -0.3 is 35.0 Å². The predicted molar refractivity (Wildman–Crippen MR) is 140 cm³/mol. The first-order valence-corrected chi connectivity index (χ1v) is 14.5. The summed E-state index contributed by atoms with van der Waals surface area (Å²) in [6, 6.07) is 9.35. The Labute approximate surface area is 223 Å². The van der Waals surface area contributed by atoms with Crippen LogP contribution in [0.2, 0.25) is 0 Å². The summed E-state index contributed by atoms with van der Waals surface area (Å²) in [6.45, 7) is 1.73. The first kappa shape index (κ1) is 25.5. The minimum atomic E-state index is -4.40. The van der Waals surface area contributed by atoms with Crippen molar-refractivity contribution in [2.45, 2.75) is 38.4 Å². The lowest BCUT2D eigenvalue weighted by atomic mass is 10.1. The molecule has 39 heavy (non-hydrogen) atoms. The van der Waals surface area contributed by atoms with E-state index in [1.54, 1.807) is 21.6 Å². The highest BCUT2D eigenvalue weighted by atomic mass is 31.2. The normalized spacial score (nSPS) is 25.0. The summed E-state index contributed by atoms with van der Waals surface area (Å²) in [5.74, 6) is 0.312. The average molecular weight is 554 g/mol. The van der Waals surface area contributed by atoms with Crippen molar-refractivity contribution < 1.29 is 33.5 Å². The molecule has 13 heteroatoms. The molecule has 2 saturated carbocycles. The highest BCUT2D eigenvalue weighted by Crippen LogP contribution is 2.66. The molecule has 2 aliphatic carbocycles. The molecule has 0 bridgehead atoms. The number of carbonyl (C=O) groups excluding carboxylic acids is 3. The second-order valence-corrected chi connectivity index (χ2v) is 12.1. The number of hydrogen-bond acceptors (Lipinski definition) is 6. The number of aryl methyl sites for hydroxylation is 1. The molecule has 12 nitrogen and oxygen atoms in total. The smallest absolute Gasteiger partial charge is 0.362 e. The van der Waals surface area contributed by atoms with Crippen molar-refractivity contribution in [3.05, 3.63) is 53.9 Å². The molecule has 204 valence electrons. The Morgan fingerprint density at radius 3 is 2.69 bits per heavy atom. The van der Waals surface area contributed by atoms with Gasteiger partial charge in [0, 0.05) is 28.8 Å². The molecule has 5 atom stereocenters. The lowest BCUT2D eigenvalue weighted by molar-refractivity contribution is -0.140. The SMILES string of the molecule is Cc1cccc(NC(=O)[C@@H]2C3C4CCC(C43)N2C(=O)Cn2cc(C(N)=O)c3cc(OCP(=O)(O)O)ccc32)n1. The molecular weight excluding hydrogens is 525 g/mol. The molecular formula is C26H28N5O7P. The van der Waals surface area contributed by atoms with E-state index in [2.05, 4.69) is 10.3 Å². The van der Waals surface area contributed by atoms with Gasteiger partial charge in [0.15, 0.2) is 6.35 Å². The maximum Gasteiger partial charge on any atom is 0.362 e. The van der Waals surface area contributed by atoms with Crippen molar-refractivity contribution in [1.29, 1.82) is 0 Å². The molecule has 5 N–H and O–H groups in total. The first-order chi connectivity index (χ1) is 18.5. The molecule has 4 unspecified atom stereocenters. The second-order valence-electron chi connectivity index (χ2n) is 10.5. The van der Waals surface area contributed by atoms with Crippen LogP contribution in [0.1, 0.15) is 28.9 Å². The number of fused-ring (bicyclic) bond motifs is 2. The monoisotopic (exact) mass is 553 g/mol. The molecule has 3 aromatic rings. The number of hydrogen-bond donors (Lipinski definition) is 4. The Morgan fingerprint density at radius 1 is 1.18 bits per heavy atom. The number of anilines is 1. The number of ether oxygens (including phenoxy) is 1. The fourth-order valence-electron chi connectivity index (χ4n) is 6.60. The Hall–Kier alpha value is -3.73. The molecule has 6 rings (SSSR count). The number of rotatable bonds is 8. The van der Waals surface area contributed by atoms with E-state index >= 15 is 0 Å². The number of nitrogens with zero attached hydrogens (tertiary/aromatic N) is 3. The zero-order chi connectivity index (χ0) is 27.6. The summed E-state index contributed by atoms with van der Waals surface area (Å²) in [4.78, 5) is 63.7. The summed E-state index contributed by atoms with van der Waals surface area (Å²) in [5, 5.41) is 3.29. The molecule has 1 saturated heterocycles. The molecule has 0 radical (unpaired) electrons. The number of carbonyl (C=O) groups is 3. The Balaban J connectivity index is 1.27. The van der Waals surface area contributed by atoms with E-state index in [-0.39, 0.29) is 41.6 Å². The Bertz CT molecular complexity index is 1570. The van der Waals surface area contributed by atoms with E-state index in [1.165, 1.54) is 18.3 Å². The fraction of sp³-hybridized carbons (Fsp3) is 0.385. The van der Waals surface area contributed by atoms with Crippen molar-refractivity contribution in [1.82, 2.24) is 14.5 Å². The minimum Gasteiger partial charge on any atom is -0.481 e. The van der Waals surface area contributed by atoms with Gasteiger partial charge >= 0.3 is 7.60 Å². The van der Waals surface area contributed by atoms with Gasteiger partial charge in [0.1, 0.15) is 24.2 Å². The van der Waals surface area contributed by atoms with Crippen LogP contribution in [0.25, 0.3) is 10.9 Å². The second kappa shape index (κ2) is 9.18. The van der Waals surface area contributed by atoms with Crippen molar-refractivity contribution in [2.75, 3.05) is 11.7 Å². The third-order valence-electron chi connectivity index (χ3n) is 8.07. The molecule has 3 fully saturated rings. The number of nitrogens with one attached hydrogen (secondary N) is 1. The van der Waals surface area contributed by atoms with E-state index < -0.39 is 25.9 Å². The van der Waals surface area contributed by atoms with Gasteiger partial charge in [-0.15, -0.1) is 0 Å². The minimum absolute atomic E-state index is 0.00110. The lowest BCUT2D eigenvalue weighted by Crippen LogP contribution is -2.50. The number of primary amides is 1. The van der Waals surface area contributed by atoms with Crippen molar-refractivity contribution in [3.63, 3.8) is 0 Å². The predicted octanol–water partition coefficient (Wildman–Crippen LogP) is 1.83. The van der Waals surface area contributed by atoms with Crippen LogP contribution >= 0.6 is 7.60 Å². The number of amides is 3. The number of pyridine rings is 1. The van der Waals surface area contributed by atoms with Gasteiger partial charge in [0.05, 0.1) is 5.56 Å². The van der Waals surface area contributed by atoms with Gasteiger partial charge in [0.25, 0.3) is 5.91 Å². The van der Waals surface area contributed by atoms with Gasteiger partial charge in [-0.3, -0.25) is 18.9 Å². The average Bonchev–Trinajstić information content (AvgIpc) is 3.12. The van der Waals surface area contributed by atoms with Crippen LogP contribution in [0.5, 0.6) is 5.75 Å². The van der Waals surface area contributed by atoms with Crippen LogP contribution in [0.4, 0.5) is 5.82 Å². The molecule has 3 aliphatic rings. The Morgan fingerprint density at radius 2 is 1.97 bits per heavy atom. The number of nitrogens with two attached hydrogens (primary N) is 1. The van der Waals surface area contributed by atoms with Gasteiger partial charge in [-0.2, -0.15) is 0 Å². The van der Waals surface area contributed by atoms with Gasteiger partial charge in [-0.05, 0) is 67.9 Å². The third-order valence-corrected chi connectivity index (χ3v) is 8.54. The summed E-state index contributed by atoms with van der Waals surface area (Å²) < 4.78 is 18.0. The van der Waals surface area contributed by atoms with Gasteiger partial charge in [-0.25, -0.2) is 4.98 Å². The summed E-state index contributed by atoms with van der Waals surface area (Å²) >= 11 is 0. The largest absolute Gasteiger partial charge is 0.481 e. The third kappa shape index (κ3) is 4.58. The van der Waals surface area contributed by atoms with Gasteiger partial charge in [0.2, 0.25) is 11.8 Å². The molecule has 0 spiro atoms. The maximum atomic E-state index is 13.8. The summed E-state index contributed by atoms with van der Waals surface area (Å²) in [6.07, 6.45) is 2.51. The van der Waals surface area contributed by atoms with Crippen molar-refractivity contribution in [3.8, 4) is 5.75 Å². The van der Waals surface area contributed by atoms with Crippen molar-refractivity contribution in [2.24, 2.45) is 23.5 Å². The highest BCUT2D eigenvalue weighted by Gasteiger charge is 2.71. The first-order valence-electron chi connectivity index (χ1n) is 12.7. The zero-order valence-electron chi connectivity index (χ0n) is 21.1. The number of aromatic nitrogens is 2. The summed E-state index contributed by atoms with van der Waals surface area (Å²) in [7, 11) is -4.40. The number of likely N-dealkylation sites (tertiary alicyclic amines) is 1. The van der Waals surface area contributed by atoms with Crippen molar-refractivity contribution >= 4 is 42.0 Å².